The molecule has 2 aromatic rings. The maximum Gasteiger partial charge on any atom is 0.238 e. The standard InChI is InChI=1S/C29H35Cl2F2N3O3/c1-27(2,3)13-20-29(14-37,17-9-10-19(31)23(33)24(17)34-5)21(16-7-6-8-18(30)22(16)32)25(36-20)26(38)35-15-11-28(4,39)12-15/h6-10,14-15,20-21,25,34,36,39H,11-13H2,1-5H3,(H,35,38). The van der Waals surface area contributed by atoms with Gasteiger partial charge in [0.15, 0.2) is 5.82 Å². The molecule has 4 unspecified atom stereocenters. The molecule has 212 valence electrons. The normalized spacial score (nSPS) is 30.5. The van der Waals surface area contributed by atoms with E-state index >= 15 is 8.78 Å². The van der Waals surface area contributed by atoms with Gasteiger partial charge in [-0.1, -0.05) is 62.2 Å². The van der Waals surface area contributed by atoms with Crippen molar-refractivity contribution in [3.63, 3.8) is 0 Å². The molecule has 6 nitrogen and oxygen atoms in total. The maximum absolute atomic E-state index is 15.8. The van der Waals surface area contributed by atoms with Gasteiger partial charge in [0.05, 0.1) is 32.8 Å². The Morgan fingerprint density at radius 1 is 1.15 bits per heavy atom. The van der Waals surface area contributed by atoms with Crippen LogP contribution in [-0.4, -0.2) is 48.1 Å². The van der Waals surface area contributed by atoms with Crippen molar-refractivity contribution in [2.45, 2.75) is 82.0 Å². The van der Waals surface area contributed by atoms with E-state index in [4.69, 9.17) is 23.2 Å². The van der Waals surface area contributed by atoms with E-state index in [-0.39, 0.29) is 38.3 Å². The van der Waals surface area contributed by atoms with E-state index in [9.17, 15) is 14.7 Å². The highest BCUT2D eigenvalue weighted by Gasteiger charge is 2.61. The summed E-state index contributed by atoms with van der Waals surface area (Å²) < 4.78 is 31.2. The molecule has 1 aliphatic carbocycles. The Morgan fingerprint density at radius 3 is 2.36 bits per heavy atom. The average molecular weight is 583 g/mol. The Morgan fingerprint density at radius 2 is 1.79 bits per heavy atom. The molecule has 4 atom stereocenters. The number of hydrogen-bond acceptors (Lipinski definition) is 5. The Labute approximate surface area is 237 Å². The third-order valence-corrected chi connectivity index (χ3v) is 8.53. The van der Waals surface area contributed by atoms with Crippen LogP contribution in [0.1, 0.15) is 64.0 Å². The SMILES string of the molecule is CNc1c(C2(C=O)C(CC(C)(C)C)NC(C(=O)NC3CC(C)(O)C3)C2c2cccc(Cl)c2F)ccc(Cl)c1F. The van der Waals surface area contributed by atoms with Crippen molar-refractivity contribution in [2.24, 2.45) is 5.41 Å². The summed E-state index contributed by atoms with van der Waals surface area (Å²) in [6, 6.07) is 5.36. The summed E-state index contributed by atoms with van der Waals surface area (Å²) in [6.45, 7) is 7.66. The average Bonchev–Trinajstić information content (AvgIpc) is 3.14. The molecule has 10 heteroatoms. The zero-order valence-electron chi connectivity index (χ0n) is 22.7. The van der Waals surface area contributed by atoms with Crippen LogP contribution in [0.15, 0.2) is 30.3 Å². The second-order valence-electron chi connectivity index (χ2n) is 12.3. The number of hydrogen-bond donors (Lipinski definition) is 4. The molecule has 1 heterocycles. The number of anilines is 1. The van der Waals surface area contributed by atoms with E-state index in [1.54, 1.807) is 19.1 Å². The number of amides is 1. The first-order valence-electron chi connectivity index (χ1n) is 13.0. The minimum atomic E-state index is -1.59. The second-order valence-corrected chi connectivity index (χ2v) is 13.1. The fourth-order valence-electron chi connectivity index (χ4n) is 6.33. The van der Waals surface area contributed by atoms with Crippen molar-refractivity contribution in [1.82, 2.24) is 10.6 Å². The van der Waals surface area contributed by atoms with Gasteiger partial charge in [-0.05, 0) is 54.9 Å². The molecule has 1 amide bonds. The topological polar surface area (TPSA) is 90.5 Å². The van der Waals surface area contributed by atoms with Gasteiger partial charge < -0.3 is 25.9 Å². The van der Waals surface area contributed by atoms with Crippen LogP contribution in [0.4, 0.5) is 14.5 Å². The molecular weight excluding hydrogens is 547 g/mol. The van der Waals surface area contributed by atoms with Gasteiger partial charge in [-0.25, -0.2) is 8.78 Å². The third-order valence-electron chi connectivity index (χ3n) is 7.95. The largest absolute Gasteiger partial charge is 0.390 e. The molecule has 0 aromatic heterocycles. The van der Waals surface area contributed by atoms with Gasteiger partial charge in [-0.2, -0.15) is 0 Å². The molecule has 0 spiro atoms. The first kappa shape index (κ1) is 29.7. The summed E-state index contributed by atoms with van der Waals surface area (Å²) in [6.07, 6.45) is 1.85. The number of rotatable bonds is 7. The molecular formula is C29H35Cl2F2N3O3. The number of aldehydes is 1. The Balaban J connectivity index is 1.97. The molecule has 1 saturated heterocycles. The Bertz CT molecular complexity index is 1280. The minimum absolute atomic E-state index is 0.00107. The van der Waals surface area contributed by atoms with Gasteiger partial charge in [-0.15, -0.1) is 0 Å². The zero-order chi connectivity index (χ0) is 28.9. The van der Waals surface area contributed by atoms with Gasteiger partial charge in [0.25, 0.3) is 0 Å². The second kappa shape index (κ2) is 10.6. The molecule has 2 aromatic carbocycles. The molecule has 1 saturated carbocycles. The highest BCUT2D eigenvalue weighted by Crippen LogP contribution is 2.53. The van der Waals surface area contributed by atoms with E-state index in [1.165, 1.54) is 25.2 Å². The van der Waals surface area contributed by atoms with Crippen LogP contribution >= 0.6 is 23.2 Å². The molecule has 2 aliphatic rings. The summed E-state index contributed by atoms with van der Waals surface area (Å²) in [7, 11) is 1.51. The fraction of sp³-hybridized carbons (Fsp3) is 0.517. The van der Waals surface area contributed by atoms with Crippen LogP contribution in [0.2, 0.25) is 10.0 Å². The lowest BCUT2D eigenvalue weighted by Gasteiger charge is -2.42. The van der Waals surface area contributed by atoms with E-state index in [1.807, 2.05) is 20.8 Å². The molecule has 0 radical (unpaired) electrons. The van der Waals surface area contributed by atoms with Gasteiger partial charge >= 0.3 is 0 Å². The number of nitrogens with one attached hydrogen (secondary N) is 3. The quantitative estimate of drug-likeness (QED) is 0.331. The number of carbonyl (C=O) groups excluding carboxylic acids is 2. The van der Waals surface area contributed by atoms with Crippen LogP contribution in [0.3, 0.4) is 0 Å². The van der Waals surface area contributed by atoms with Crippen LogP contribution in [-0.2, 0) is 15.0 Å². The van der Waals surface area contributed by atoms with Crippen LogP contribution < -0.4 is 16.0 Å². The fourth-order valence-corrected chi connectivity index (χ4v) is 6.67. The third kappa shape index (κ3) is 5.41. The number of benzene rings is 2. The lowest BCUT2D eigenvalue weighted by molar-refractivity contribution is -0.127. The Hall–Kier alpha value is -2.26. The van der Waals surface area contributed by atoms with E-state index < -0.39 is 46.6 Å². The van der Waals surface area contributed by atoms with Crippen molar-refractivity contribution in [2.75, 3.05) is 12.4 Å². The zero-order valence-corrected chi connectivity index (χ0v) is 24.2. The minimum Gasteiger partial charge on any atom is -0.390 e. The molecule has 39 heavy (non-hydrogen) atoms. The van der Waals surface area contributed by atoms with Gasteiger partial charge in [0.2, 0.25) is 5.91 Å². The lowest BCUT2D eigenvalue weighted by Crippen LogP contribution is -2.57. The van der Waals surface area contributed by atoms with Crippen LogP contribution in [0.5, 0.6) is 0 Å². The van der Waals surface area contributed by atoms with Crippen LogP contribution in [0.25, 0.3) is 0 Å². The van der Waals surface area contributed by atoms with Crippen molar-refractivity contribution in [3.8, 4) is 0 Å². The maximum atomic E-state index is 15.8. The summed E-state index contributed by atoms with van der Waals surface area (Å²) in [5.74, 6) is -3.03. The first-order valence-corrected chi connectivity index (χ1v) is 13.8. The lowest BCUT2D eigenvalue weighted by atomic mass is 9.62. The molecule has 2 fully saturated rings. The molecule has 0 bridgehead atoms. The van der Waals surface area contributed by atoms with Crippen molar-refractivity contribution in [1.29, 1.82) is 0 Å². The summed E-state index contributed by atoms with van der Waals surface area (Å²) in [5, 5.41) is 19.0. The summed E-state index contributed by atoms with van der Waals surface area (Å²) in [5.41, 5.74) is -2.46. The highest BCUT2D eigenvalue weighted by molar-refractivity contribution is 6.31. The molecule has 4 rings (SSSR count). The van der Waals surface area contributed by atoms with Crippen molar-refractivity contribution in [3.05, 3.63) is 63.1 Å². The van der Waals surface area contributed by atoms with Gasteiger partial charge in [-0.3, -0.25) is 4.79 Å². The van der Waals surface area contributed by atoms with E-state index in [0.717, 1.165) is 0 Å². The monoisotopic (exact) mass is 581 g/mol. The summed E-state index contributed by atoms with van der Waals surface area (Å²) in [4.78, 5) is 27.3. The number of aliphatic hydroxyl groups is 1. The summed E-state index contributed by atoms with van der Waals surface area (Å²) >= 11 is 12.3. The highest BCUT2D eigenvalue weighted by atomic mass is 35.5. The predicted octanol–water partition coefficient (Wildman–Crippen LogP) is 5.34. The van der Waals surface area contributed by atoms with E-state index in [2.05, 4.69) is 16.0 Å². The number of halogens is 4. The van der Waals surface area contributed by atoms with Crippen molar-refractivity contribution >= 4 is 41.1 Å². The Kier molecular flexibility index (Phi) is 8.09. The number of carbonyl (C=O) groups is 2. The van der Waals surface area contributed by atoms with Gasteiger partial charge in [0, 0.05) is 25.0 Å². The first-order chi connectivity index (χ1) is 18.1. The molecule has 4 N–H and O–H groups in total. The van der Waals surface area contributed by atoms with Crippen molar-refractivity contribution < 1.29 is 23.5 Å². The van der Waals surface area contributed by atoms with E-state index in [0.29, 0.717) is 25.5 Å². The molecule has 1 aliphatic heterocycles. The smallest absolute Gasteiger partial charge is 0.238 e. The predicted molar refractivity (Wildman–Crippen MR) is 149 cm³/mol. The van der Waals surface area contributed by atoms with Crippen LogP contribution in [0, 0.1) is 17.0 Å². The van der Waals surface area contributed by atoms with Gasteiger partial charge in [0.1, 0.15) is 12.1 Å².